The minimum absolute atomic E-state index is 0.347. The van der Waals surface area contributed by atoms with E-state index in [2.05, 4.69) is 19.6 Å². The molecule has 4 heteroatoms. The smallest absolute Gasteiger partial charge is 0.410 e. The Morgan fingerprint density at radius 2 is 1.62 bits per heavy atom. The minimum atomic E-state index is -1.27. The molecule has 1 aromatic rings. The van der Waals surface area contributed by atoms with Crippen LogP contribution in [0.4, 0.5) is 4.79 Å². The number of rotatable bonds is 2. The molecule has 1 aromatic carbocycles. The van der Waals surface area contributed by atoms with Crippen LogP contribution >= 0.6 is 0 Å². The Balaban J connectivity index is 2.76. The van der Waals surface area contributed by atoms with Crippen molar-refractivity contribution >= 4 is 19.4 Å². The fourth-order valence-corrected chi connectivity index (χ4v) is 2.38. The molecule has 3 nitrogen and oxygen atoms in total. The quantitative estimate of drug-likeness (QED) is 0.739. The lowest BCUT2D eigenvalue weighted by molar-refractivity contribution is 0.172. The molecular formula is C12H19NO2Si. The lowest BCUT2D eigenvalue weighted by Crippen LogP contribution is -2.37. The first kappa shape index (κ1) is 12.8. The monoisotopic (exact) mass is 237 g/mol. The van der Waals surface area contributed by atoms with Crippen molar-refractivity contribution < 1.29 is 9.53 Å². The fraction of sp³-hybridized carbons (Fsp3) is 0.417. The first-order valence-electron chi connectivity index (χ1n) is 5.30. The SMILES string of the molecule is CN(C)C(=O)Oc1ccc([Si](C)(C)C)cc1. The minimum Gasteiger partial charge on any atom is -0.410 e. The molecule has 1 rings (SSSR count). The normalized spacial score (nSPS) is 11.1. The van der Waals surface area contributed by atoms with Crippen molar-refractivity contribution in [2.45, 2.75) is 19.6 Å². The Morgan fingerprint density at radius 3 is 2.00 bits per heavy atom. The Hall–Kier alpha value is -1.29. The molecule has 0 unspecified atom stereocenters. The van der Waals surface area contributed by atoms with Gasteiger partial charge in [-0.3, -0.25) is 0 Å². The number of carbonyl (C=O) groups is 1. The molecule has 0 atom stereocenters. The molecule has 0 spiro atoms. The van der Waals surface area contributed by atoms with Crippen molar-refractivity contribution in [1.29, 1.82) is 0 Å². The molecule has 0 saturated carbocycles. The van der Waals surface area contributed by atoms with E-state index >= 15 is 0 Å². The van der Waals surface area contributed by atoms with Crippen LogP contribution in [0.2, 0.25) is 19.6 Å². The summed E-state index contributed by atoms with van der Waals surface area (Å²) < 4.78 is 5.15. The zero-order valence-corrected chi connectivity index (χ0v) is 11.6. The van der Waals surface area contributed by atoms with Crippen molar-refractivity contribution in [2.75, 3.05) is 14.1 Å². The Kier molecular flexibility index (Phi) is 3.75. The molecule has 16 heavy (non-hydrogen) atoms. The standard InChI is InChI=1S/C12H19NO2Si/c1-13(2)12(14)15-10-6-8-11(9-7-10)16(3,4)5/h6-9H,1-5H3. The maximum Gasteiger partial charge on any atom is 0.414 e. The molecule has 0 saturated heterocycles. The van der Waals surface area contributed by atoms with Crippen molar-refractivity contribution in [2.24, 2.45) is 0 Å². The number of nitrogens with zero attached hydrogens (tertiary/aromatic N) is 1. The molecular weight excluding hydrogens is 218 g/mol. The van der Waals surface area contributed by atoms with Crippen LogP contribution in [0.15, 0.2) is 24.3 Å². The van der Waals surface area contributed by atoms with Crippen molar-refractivity contribution in [3.63, 3.8) is 0 Å². The van der Waals surface area contributed by atoms with Gasteiger partial charge in [0.15, 0.2) is 0 Å². The zero-order chi connectivity index (χ0) is 12.3. The second-order valence-corrected chi connectivity index (χ2v) is 10.1. The van der Waals surface area contributed by atoms with Crippen LogP contribution in [0.3, 0.4) is 0 Å². The van der Waals surface area contributed by atoms with Gasteiger partial charge >= 0.3 is 6.09 Å². The molecule has 0 bridgehead atoms. The highest BCUT2D eigenvalue weighted by molar-refractivity contribution is 6.88. The third kappa shape index (κ3) is 3.38. The van der Waals surface area contributed by atoms with Crippen molar-refractivity contribution in [1.82, 2.24) is 4.90 Å². The van der Waals surface area contributed by atoms with E-state index in [0.717, 1.165) is 0 Å². The number of amides is 1. The van der Waals surface area contributed by atoms with Crippen molar-refractivity contribution in [3.05, 3.63) is 24.3 Å². The predicted octanol–water partition coefficient (Wildman–Crippen LogP) is 2.29. The van der Waals surface area contributed by atoms with Gasteiger partial charge in [-0.2, -0.15) is 0 Å². The molecule has 0 aliphatic heterocycles. The van der Waals surface area contributed by atoms with Gasteiger partial charge in [-0.25, -0.2) is 4.79 Å². The van der Waals surface area contributed by atoms with Crippen molar-refractivity contribution in [3.8, 4) is 5.75 Å². The van der Waals surface area contributed by atoms with Gasteiger partial charge in [0.2, 0.25) is 0 Å². The number of carbonyl (C=O) groups excluding carboxylic acids is 1. The van der Waals surface area contributed by atoms with E-state index in [4.69, 9.17) is 4.74 Å². The van der Waals surface area contributed by atoms with Crippen LogP contribution in [-0.4, -0.2) is 33.2 Å². The van der Waals surface area contributed by atoms with E-state index in [9.17, 15) is 4.79 Å². The maximum absolute atomic E-state index is 11.3. The summed E-state index contributed by atoms with van der Waals surface area (Å²) in [4.78, 5) is 12.7. The summed E-state index contributed by atoms with van der Waals surface area (Å²) in [5, 5.41) is 1.36. The highest BCUT2D eigenvalue weighted by Gasteiger charge is 2.16. The molecule has 0 aromatic heterocycles. The first-order chi connectivity index (χ1) is 7.30. The Labute approximate surface area is 98.0 Å². The van der Waals surface area contributed by atoms with E-state index in [-0.39, 0.29) is 6.09 Å². The summed E-state index contributed by atoms with van der Waals surface area (Å²) in [5.41, 5.74) is 0. The summed E-state index contributed by atoms with van der Waals surface area (Å²) in [6.45, 7) is 6.86. The number of ether oxygens (including phenoxy) is 1. The molecule has 0 aliphatic rings. The Morgan fingerprint density at radius 1 is 1.12 bits per heavy atom. The van der Waals surface area contributed by atoms with Crippen LogP contribution in [0.25, 0.3) is 0 Å². The second kappa shape index (κ2) is 4.70. The lowest BCUT2D eigenvalue weighted by atomic mass is 10.3. The first-order valence-corrected chi connectivity index (χ1v) is 8.80. The number of hydrogen-bond acceptors (Lipinski definition) is 2. The summed E-state index contributed by atoms with van der Waals surface area (Å²) in [7, 11) is 2.06. The zero-order valence-electron chi connectivity index (χ0n) is 10.6. The van der Waals surface area contributed by atoms with Gasteiger partial charge in [-0.1, -0.05) is 37.0 Å². The summed E-state index contributed by atoms with van der Waals surface area (Å²) in [6.07, 6.45) is -0.347. The van der Waals surface area contributed by atoms with Gasteiger partial charge in [0.25, 0.3) is 0 Å². The van der Waals surface area contributed by atoms with Crippen LogP contribution in [0, 0.1) is 0 Å². The average Bonchev–Trinajstić information content (AvgIpc) is 2.17. The van der Waals surface area contributed by atoms with Gasteiger partial charge in [-0.05, 0) is 12.1 Å². The van der Waals surface area contributed by atoms with E-state index in [1.807, 2.05) is 24.3 Å². The van der Waals surface area contributed by atoms with Gasteiger partial charge in [0, 0.05) is 14.1 Å². The molecule has 1 amide bonds. The summed E-state index contributed by atoms with van der Waals surface area (Å²) in [5.74, 6) is 0.598. The topological polar surface area (TPSA) is 29.5 Å². The fourth-order valence-electron chi connectivity index (χ4n) is 1.22. The van der Waals surface area contributed by atoms with Gasteiger partial charge in [0.1, 0.15) is 5.75 Å². The van der Waals surface area contributed by atoms with Crippen LogP contribution in [0.1, 0.15) is 0 Å². The molecule has 0 aliphatic carbocycles. The highest BCUT2D eigenvalue weighted by atomic mass is 28.3. The van der Waals surface area contributed by atoms with Gasteiger partial charge < -0.3 is 9.64 Å². The molecule has 0 fully saturated rings. The molecule has 88 valence electrons. The largest absolute Gasteiger partial charge is 0.414 e. The lowest BCUT2D eigenvalue weighted by Gasteiger charge is -2.17. The van der Waals surface area contributed by atoms with E-state index in [1.165, 1.54) is 10.1 Å². The molecule has 0 N–H and O–H groups in total. The predicted molar refractivity (Wildman–Crippen MR) is 69.1 cm³/mol. The summed E-state index contributed by atoms with van der Waals surface area (Å²) >= 11 is 0. The second-order valence-electron chi connectivity index (χ2n) is 5.04. The summed E-state index contributed by atoms with van der Waals surface area (Å²) in [6, 6.07) is 7.80. The molecule has 0 heterocycles. The van der Waals surface area contributed by atoms with E-state index in [1.54, 1.807) is 14.1 Å². The van der Waals surface area contributed by atoms with E-state index in [0.29, 0.717) is 5.75 Å². The van der Waals surface area contributed by atoms with Crippen LogP contribution < -0.4 is 9.92 Å². The third-order valence-corrected chi connectivity index (χ3v) is 4.36. The molecule has 0 radical (unpaired) electrons. The van der Waals surface area contributed by atoms with Crippen LogP contribution in [-0.2, 0) is 0 Å². The van der Waals surface area contributed by atoms with Gasteiger partial charge in [-0.15, -0.1) is 0 Å². The number of benzene rings is 1. The Bertz CT molecular complexity index is 366. The number of hydrogen-bond donors (Lipinski definition) is 0. The average molecular weight is 237 g/mol. The highest BCUT2D eigenvalue weighted by Crippen LogP contribution is 2.11. The third-order valence-electron chi connectivity index (χ3n) is 2.29. The van der Waals surface area contributed by atoms with Crippen LogP contribution in [0.5, 0.6) is 5.75 Å². The van der Waals surface area contributed by atoms with Gasteiger partial charge in [0.05, 0.1) is 8.07 Å². The van der Waals surface area contributed by atoms with E-state index < -0.39 is 8.07 Å². The maximum atomic E-state index is 11.3.